The van der Waals surface area contributed by atoms with E-state index in [4.69, 9.17) is 0 Å². The zero-order valence-corrected chi connectivity index (χ0v) is 16.1. The number of hydrogen-bond donors (Lipinski definition) is 1. The van der Waals surface area contributed by atoms with E-state index >= 15 is 0 Å². The first-order chi connectivity index (χ1) is 12.5. The average molecular weight is 352 g/mol. The molecule has 0 bridgehead atoms. The fraction of sp³-hybridized carbons (Fsp3) is 0.364. The van der Waals surface area contributed by atoms with E-state index < -0.39 is 6.04 Å². The van der Waals surface area contributed by atoms with Gasteiger partial charge in [-0.1, -0.05) is 61.0 Å². The second-order valence-electron chi connectivity index (χ2n) is 6.65. The van der Waals surface area contributed by atoms with Crippen molar-refractivity contribution in [2.45, 2.75) is 46.2 Å². The lowest BCUT2D eigenvalue weighted by Gasteiger charge is -2.30. The molecule has 0 aliphatic carbocycles. The largest absolute Gasteiger partial charge is 0.357 e. The van der Waals surface area contributed by atoms with Crippen LogP contribution in [0.1, 0.15) is 35.6 Å². The van der Waals surface area contributed by atoms with Crippen molar-refractivity contribution in [1.29, 1.82) is 0 Å². The van der Waals surface area contributed by atoms with Gasteiger partial charge < -0.3 is 10.2 Å². The summed E-state index contributed by atoms with van der Waals surface area (Å²) in [5.74, 6) is -0.158. The standard InChI is InChI=1S/C22H28N2O2/c1-5-20(22(26)23-4)24(15-18-11-8-9-16(2)13-18)21(25)14-19-12-7-6-10-17(19)3/h6-13,20H,5,14-15H2,1-4H3,(H,23,26)/t20-/m1/s1. The summed E-state index contributed by atoms with van der Waals surface area (Å²) in [6, 6.07) is 15.5. The number of likely N-dealkylation sites (N-methyl/N-ethyl adjacent to an activating group) is 1. The highest BCUT2D eigenvalue weighted by atomic mass is 16.2. The Labute approximate surface area is 156 Å². The van der Waals surface area contributed by atoms with E-state index in [1.54, 1.807) is 11.9 Å². The summed E-state index contributed by atoms with van der Waals surface area (Å²) in [5, 5.41) is 2.69. The predicted octanol–water partition coefficient (Wildman–Crippen LogP) is 3.40. The minimum Gasteiger partial charge on any atom is -0.357 e. The molecule has 1 atom stereocenters. The normalized spacial score (nSPS) is 11.7. The molecule has 0 unspecified atom stereocenters. The molecule has 26 heavy (non-hydrogen) atoms. The van der Waals surface area contributed by atoms with Crippen molar-refractivity contribution in [2.24, 2.45) is 0 Å². The molecule has 0 aliphatic heterocycles. The summed E-state index contributed by atoms with van der Waals surface area (Å²) in [5.41, 5.74) is 4.26. The Morgan fingerprint density at radius 3 is 2.42 bits per heavy atom. The molecule has 0 aromatic heterocycles. The maximum Gasteiger partial charge on any atom is 0.242 e. The minimum atomic E-state index is -0.475. The first-order valence-corrected chi connectivity index (χ1v) is 9.07. The van der Waals surface area contributed by atoms with Crippen LogP contribution in [0, 0.1) is 13.8 Å². The SMILES string of the molecule is CC[C@H](C(=O)NC)N(Cc1cccc(C)c1)C(=O)Cc1ccccc1C. The quantitative estimate of drug-likeness (QED) is 0.830. The number of rotatable bonds is 7. The molecular weight excluding hydrogens is 324 g/mol. The van der Waals surface area contributed by atoms with Crippen molar-refractivity contribution < 1.29 is 9.59 Å². The van der Waals surface area contributed by atoms with Gasteiger partial charge in [-0.3, -0.25) is 9.59 Å². The molecule has 0 aliphatic rings. The number of nitrogens with zero attached hydrogens (tertiary/aromatic N) is 1. The highest BCUT2D eigenvalue weighted by Crippen LogP contribution is 2.16. The Bertz CT molecular complexity index is 770. The van der Waals surface area contributed by atoms with E-state index in [0.29, 0.717) is 19.4 Å². The van der Waals surface area contributed by atoms with Crippen molar-refractivity contribution in [2.75, 3.05) is 7.05 Å². The molecular formula is C22H28N2O2. The van der Waals surface area contributed by atoms with Crippen LogP contribution >= 0.6 is 0 Å². The van der Waals surface area contributed by atoms with E-state index in [0.717, 1.165) is 22.3 Å². The van der Waals surface area contributed by atoms with Crippen molar-refractivity contribution >= 4 is 11.8 Å². The molecule has 1 N–H and O–H groups in total. The number of carbonyl (C=O) groups is 2. The topological polar surface area (TPSA) is 49.4 Å². The third-order valence-electron chi connectivity index (χ3n) is 4.67. The molecule has 0 saturated carbocycles. The van der Waals surface area contributed by atoms with E-state index in [9.17, 15) is 9.59 Å². The Morgan fingerprint density at radius 1 is 1.08 bits per heavy atom. The molecule has 4 nitrogen and oxygen atoms in total. The second kappa shape index (κ2) is 9.18. The number of amides is 2. The molecule has 0 heterocycles. The smallest absolute Gasteiger partial charge is 0.242 e. The molecule has 2 aromatic carbocycles. The highest BCUT2D eigenvalue weighted by Gasteiger charge is 2.28. The van der Waals surface area contributed by atoms with Crippen molar-refractivity contribution in [3.63, 3.8) is 0 Å². The molecule has 4 heteroatoms. The summed E-state index contributed by atoms with van der Waals surface area (Å²) in [6.07, 6.45) is 0.872. The Hall–Kier alpha value is -2.62. The first-order valence-electron chi connectivity index (χ1n) is 9.07. The second-order valence-corrected chi connectivity index (χ2v) is 6.65. The van der Waals surface area contributed by atoms with Crippen molar-refractivity contribution in [3.8, 4) is 0 Å². The van der Waals surface area contributed by atoms with Gasteiger partial charge in [0.1, 0.15) is 6.04 Å². The minimum absolute atomic E-state index is 0.0312. The van der Waals surface area contributed by atoms with E-state index in [-0.39, 0.29) is 11.8 Å². The van der Waals surface area contributed by atoms with Crippen LogP contribution in [-0.2, 0) is 22.6 Å². The Kier molecular flexibility index (Phi) is 6.96. The maximum absolute atomic E-state index is 13.1. The molecule has 0 saturated heterocycles. The van der Waals surface area contributed by atoms with Gasteiger partial charge in [0, 0.05) is 13.6 Å². The van der Waals surface area contributed by atoms with Crippen LogP contribution < -0.4 is 5.32 Å². The molecule has 2 amide bonds. The zero-order valence-electron chi connectivity index (χ0n) is 16.1. The summed E-state index contributed by atoms with van der Waals surface area (Å²) >= 11 is 0. The lowest BCUT2D eigenvalue weighted by molar-refractivity contribution is -0.140. The number of nitrogens with one attached hydrogen (secondary N) is 1. The lowest BCUT2D eigenvalue weighted by Crippen LogP contribution is -2.48. The maximum atomic E-state index is 13.1. The fourth-order valence-electron chi connectivity index (χ4n) is 3.17. The lowest BCUT2D eigenvalue weighted by atomic mass is 10.0. The molecule has 2 rings (SSSR count). The van der Waals surface area contributed by atoms with Crippen LogP contribution in [0.5, 0.6) is 0 Å². The Balaban J connectivity index is 2.30. The van der Waals surface area contributed by atoms with Crippen molar-refractivity contribution in [3.05, 3.63) is 70.8 Å². The highest BCUT2D eigenvalue weighted by molar-refractivity contribution is 5.88. The third kappa shape index (κ3) is 4.94. The van der Waals surface area contributed by atoms with Crippen LogP contribution in [0.25, 0.3) is 0 Å². The molecule has 0 fully saturated rings. The first kappa shape index (κ1) is 19.7. The number of benzene rings is 2. The van der Waals surface area contributed by atoms with Gasteiger partial charge >= 0.3 is 0 Å². The molecule has 0 spiro atoms. The van der Waals surface area contributed by atoms with Gasteiger partial charge in [-0.15, -0.1) is 0 Å². The summed E-state index contributed by atoms with van der Waals surface area (Å²) in [7, 11) is 1.61. The summed E-state index contributed by atoms with van der Waals surface area (Å²) in [6.45, 7) is 6.39. The van der Waals surface area contributed by atoms with Crippen LogP contribution in [0.3, 0.4) is 0 Å². The number of hydrogen-bond acceptors (Lipinski definition) is 2. The van der Waals surface area contributed by atoms with Gasteiger partial charge in [0.25, 0.3) is 0 Å². The Morgan fingerprint density at radius 2 is 1.81 bits per heavy atom. The number of carbonyl (C=O) groups excluding carboxylic acids is 2. The molecule has 2 aromatic rings. The van der Waals surface area contributed by atoms with Gasteiger partial charge in [-0.05, 0) is 37.0 Å². The average Bonchev–Trinajstić information content (AvgIpc) is 2.63. The van der Waals surface area contributed by atoms with Gasteiger partial charge in [-0.2, -0.15) is 0 Å². The molecule has 0 radical (unpaired) electrons. The van der Waals surface area contributed by atoms with E-state index in [1.807, 2.05) is 63.2 Å². The fourth-order valence-corrected chi connectivity index (χ4v) is 3.17. The zero-order chi connectivity index (χ0) is 19.1. The number of aryl methyl sites for hydroxylation is 2. The predicted molar refractivity (Wildman–Crippen MR) is 105 cm³/mol. The van der Waals surface area contributed by atoms with Gasteiger partial charge in [0.15, 0.2) is 0 Å². The van der Waals surface area contributed by atoms with E-state index in [2.05, 4.69) is 11.4 Å². The van der Waals surface area contributed by atoms with Gasteiger partial charge in [-0.25, -0.2) is 0 Å². The van der Waals surface area contributed by atoms with Crippen LogP contribution in [0.2, 0.25) is 0 Å². The van der Waals surface area contributed by atoms with Crippen LogP contribution in [0.4, 0.5) is 0 Å². The monoisotopic (exact) mass is 352 g/mol. The van der Waals surface area contributed by atoms with E-state index in [1.165, 1.54) is 0 Å². The summed E-state index contributed by atoms with van der Waals surface area (Å²) < 4.78 is 0. The van der Waals surface area contributed by atoms with Crippen LogP contribution in [-0.4, -0.2) is 29.8 Å². The van der Waals surface area contributed by atoms with Gasteiger partial charge in [0.2, 0.25) is 11.8 Å². The van der Waals surface area contributed by atoms with Crippen LogP contribution in [0.15, 0.2) is 48.5 Å². The van der Waals surface area contributed by atoms with Crippen molar-refractivity contribution in [1.82, 2.24) is 10.2 Å². The summed E-state index contributed by atoms with van der Waals surface area (Å²) in [4.78, 5) is 27.2. The molecule has 138 valence electrons. The third-order valence-corrected chi connectivity index (χ3v) is 4.67. The van der Waals surface area contributed by atoms with Gasteiger partial charge in [0.05, 0.1) is 6.42 Å².